The van der Waals surface area contributed by atoms with Gasteiger partial charge in [-0.05, 0) is 25.0 Å². The smallest absolute Gasteiger partial charge is 0.255 e. The quantitative estimate of drug-likeness (QED) is 0.838. The molecule has 0 amide bonds. The molecule has 0 radical (unpaired) electrons. The predicted molar refractivity (Wildman–Crippen MR) is 85.1 cm³/mol. The first-order valence-electron chi connectivity index (χ1n) is 7.34. The second kappa shape index (κ2) is 6.90. The lowest BCUT2D eigenvalue weighted by molar-refractivity contribution is 0.615. The van der Waals surface area contributed by atoms with Gasteiger partial charge in [0.15, 0.2) is 0 Å². The lowest BCUT2D eigenvalue weighted by atomic mass is 10.1. The number of hydrogen-bond donors (Lipinski definition) is 0. The molecule has 2 aromatic rings. The molecule has 1 aromatic carbocycles. The van der Waals surface area contributed by atoms with Crippen LogP contribution in [0, 0.1) is 18.3 Å². The summed E-state index contributed by atoms with van der Waals surface area (Å²) in [5, 5.41) is 8.83. The molecule has 0 fully saturated rings. The molecule has 0 atom stereocenters. The topological polar surface area (TPSA) is 45.8 Å². The van der Waals surface area contributed by atoms with Crippen molar-refractivity contribution in [3.63, 3.8) is 0 Å². The van der Waals surface area contributed by atoms with Crippen molar-refractivity contribution in [2.45, 2.75) is 39.7 Å². The van der Waals surface area contributed by atoms with Crippen LogP contribution in [0.25, 0.3) is 11.3 Å². The molecular weight excluding hydrogens is 260 g/mol. The van der Waals surface area contributed by atoms with Crippen molar-refractivity contribution < 1.29 is 0 Å². The maximum Gasteiger partial charge on any atom is 0.255 e. The Morgan fingerprint density at radius 1 is 1.14 bits per heavy atom. The minimum Gasteiger partial charge on any atom is -0.308 e. The fourth-order valence-corrected chi connectivity index (χ4v) is 2.36. The third-order valence-electron chi connectivity index (χ3n) is 3.61. The monoisotopic (exact) mass is 280 g/mol. The molecule has 0 aliphatic rings. The van der Waals surface area contributed by atoms with Crippen LogP contribution in [-0.2, 0) is 13.0 Å². The van der Waals surface area contributed by atoms with Gasteiger partial charge < -0.3 is 4.57 Å². The van der Waals surface area contributed by atoms with Crippen molar-refractivity contribution in [3.05, 3.63) is 57.9 Å². The Hall–Kier alpha value is -2.34. The fraction of sp³-hybridized carbons (Fsp3) is 0.333. The van der Waals surface area contributed by atoms with Gasteiger partial charge in [0.05, 0.1) is 18.2 Å². The van der Waals surface area contributed by atoms with Gasteiger partial charge >= 0.3 is 0 Å². The summed E-state index contributed by atoms with van der Waals surface area (Å²) in [6, 6.07) is 14.0. The third kappa shape index (κ3) is 3.41. The molecule has 21 heavy (non-hydrogen) atoms. The van der Waals surface area contributed by atoms with Gasteiger partial charge in [-0.15, -0.1) is 0 Å². The maximum absolute atomic E-state index is 12.5. The molecule has 0 bridgehead atoms. The van der Waals surface area contributed by atoms with Gasteiger partial charge in [0.25, 0.3) is 5.56 Å². The Kier molecular flexibility index (Phi) is 4.94. The van der Waals surface area contributed by atoms with E-state index in [9.17, 15) is 4.79 Å². The maximum atomic E-state index is 12.5. The highest BCUT2D eigenvalue weighted by atomic mass is 16.1. The lowest BCUT2D eigenvalue weighted by Gasteiger charge is -2.14. The Labute approximate surface area is 125 Å². The lowest BCUT2D eigenvalue weighted by Crippen LogP contribution is -2.25. The number of nitriles is 1. The third-order valence-corrected chi connectivity index (χ3v) is 3.61. The zero-order valence-electron chi connectivity index (χ0n) is 12.6. The molecule has 0 aliphatic carbocycles. The van der Waals surface area contributed by atoms with Crippen LogP contribution in [0.1, 0.15) is 30.9 Å². The summed E-state index contributed by atoms with van der Waals surface area (Å²) in [5.74, 6) is 0. The summed E-state index contributed by atoms with van der Waals surface area (Å²) in [5.41, 5.74) is 3.70. The Balaban J connectivity index is 2.54. The van der Waals surface area contributed by atoms with Crippen molar-refractivity contribution in [1.82, 2.24) is 4.57 Å². The van der Waals surface area contributed by atoms with Crippen molar-refractivity contribution in [2.24, 2.45) is 0 Å². The number of aromatic nitrogens is 1. The van der Waals surface area contributed by atoms with E-state index in [4.69, 9.17) is 5.26 Å². The average Bonchev–Trinajstić information content (AvgIpc) is 2.49. The molecular formula is C18H20N2O. The van der Waals surface area contributed by atoms with Crippen LogP contribution in [0.3, 0.4) is 0 Å². The van der Waals surface area contributed by atoms with Crippen molar-refractivity contribution in [2.75, 3.05) is 0 Å². The molecule has 0 aliphatic heterocycles. The molecule has 0 N–H and O–H groups in total. The molecule has 0 spiro atoms. The van der Waals surface area contributed by atoms with Gasteiger partial charge in [0, 0.05) is 12.1 Å². The van der Waals surface area contributed by atoms with Crippen molar-refractivity contribution in [3.8, 4) is 17.3 Å². The van der Waals surface area contributed by atoms with E-state index in [1.54, 1.807) is 10.6 Å². The van der Waals surface area contributed by atoms with Gasteiger partial charge in [-0.1, -0.05) is 49.2 Å². The van der Waals surface area contributed by atoms with Gasteiger partial charge in [0.2, 0.25) is 0 Å². The molecule has 0 saturated heterocycles. The summed E-state index contributed by atoms with van der Waals surface area (Å²) in [7, 11) is 0. The van der Waals surface area contributed by atoms with Crippen LogP contribution in [-0.4, -0.2) is 4.57 Å². The number of unbranched alkanes of at least 4 members (excludes halogenated alkanes) is 1. The molecule has 3 nitrogen and oxygen atoms in total. The van der Waals surface area contributed by atoms with Crippen LogP contribution in [0.15, 0.2) is 41.2 Å². The van der Waals surface area contributed by atoms with Crippen LogP contribution < -0.4 is 5.56 Å². The van der Waals surface area contributed by atoms with Crippen LogP contribution >= 0.6 is 0 Å². The second-order valence-electron chi connectivity index (χ2n) is 5.26. The highest BCUT2D eigenvalue weighted by molar-refractivity contribution is 5.60. The summed E-state index contributed by atoms with van der Waals surface area (Å²) in [6.45, 7) is 4.84. The van der Waals surface area contributed by atoms with Crippen LogP contribution in [0.4, 0.5) is 0 Å². The first-order valence-corrected chi connectivity index (χ1v) is 7.34. The largest absolute Gasteiger partial charge is 0.308 e. The van der Waals surface area contributed by atoms with E-state index in [1.807, 2.05) is 37.3 Å². The van der Waals surface area contributed by atoms with E-state index in [2.05, 4.69) is 13.0 Å². The molecule has 3 heteroatoms. The summed E-state index contributed by atoms with van der Waals surface area (Å²) in [6.07, 6.45) is 2.15. The van der Waals surface area contributed by atoms with E-state index in [0.717, 1.165) is 24.1 Å². The number of rotatable bonds is 5. The Morgan fingerprint density at radius 3 is 2.48 bits per heavy atom. The van der Waals surface area contributed by atoms with Crippen molar-refractivity contribution in [1.29, 1.82) is 5.26 Å². The summed E-state index contributed by atoms with van der Waals surface area (Å²) in [4.78, 5) is 12.5. The fourth-order valence-electron chi connectivity index (χ4n) is 2.36. The highest BCUT2D eigenvalue weighted by Gasteiger charge is 2.10. The van der Waals surface area contributed by atoms with Gasteiger partial charge in [-0.3, -0.25) is 4.79 Å². The number of benzene rings is 1. The highest BCUT2D eigenvalue weighted by Crippen LogP contribution is 2.19. The molecule has 1 aromatic heterocycles. The number of aryl methyl sites for hydroxylation is 1. The zero-order valence-corrected chi connectivity index (χ0v) is 12.6. The zero-order chi connectivity index (χ0) is 15.2. The van der Waals surface area contributed by atoms with E-state index in [-0.39, 0.29) is 12.0 Å². The van der Waals surface area contributed by atoms with Gasteiger partial charge in [-0.2, -0.15) is 5.26 Å². The Morgan fingerprint density at radius 2 is 1.86 bits per heavy atom. The average molecular weight is 280 g/mol. The molecule has 2 rings (SSSR count). The van der Waals surface area contributed by atoms with E-state index in [1.165, 1.54) is 5.56 Å². The number of pyridine rings is 1. The molecule has 1 heterocycles. The summed E-state index contributed by atoms with van der Waals surface area (Å²) >= 11 is 0. The first-order chi connectivity index (χ1) is 10.2. The molecule has 0 unspecified atom stereocenters. The second-order valence-corrected chi connectivity index (χ2v) is 5.26. The van der Waals surface area contributed by atoms with Crippen molar-refractivity contribution >= 4 is 0 Å². The first kappa shape index (κ1) is 15.1. The van der Waals surface area contributed by atoms with Crippen LogP contribution in [0.5, 0.6) is 0 Å². The summed E-state index contributed by atoms with van der Waals surface area (Å²) < 4.78 is 1.81. The SMILES string of the molecule is CCCCn1c(-c2ccc(C)cc2)ccc(CC#N)c1=O. The minimum absolute atomic E-state index is 0.0388. The van der Waals surface area contributed by atoms with Gasteiger partial charge in [0.1, 0.15) is 0 Å². The van der Waals surface area contributed by atoms with Crippen LogP contribution in [0.2, 0.25) is 0 Å². The van der Waals surface area contributed by atoms with E-state index < -0.39 is 0 Å². The van der Waals surface area contributed by atoms with E-state index >= 15 is 0 Å². The predicted octanol–water partition coefficient (Wildman–Crippen LogP) is 3.69. The number of nitrogens with zero attached hydrogens (tertiary/aromatic N) is 2. The Bertz CT molecular complexity index is 705. The number of hydrogen-bond acceptors (Lipinski definition) is 2. The normalized spacial score (nSPS) is 10.3. The molecule has 108 valence electrons. The van der Waals surface area contributed by atoms with Gasteiger partial charge in [-0.25, -0.2) is 0 Å². The molecule has 0 saturated carbocycles. The minimum atomic E-state index is -0.0388. The van der Waals surface area contributed by atoms with E-state index in [0.29, 0.717) is 12.1 Å². The standard InChI is InChI=1S/C18H20N2O/c1-3-4-13-20-17(15-7-5-14(2)6-8-15)10-9-16(11-12-19)18(20)21/h5-10H,3-4,11,13H2,1-2H3.